The van der Waals surface area contributed by atoms with Gasteiger partial charge >= 0.3 is 6.09 Å². The molecule has 1 heterocycles. The van der Waals surface area contributed by atoms with E-state index in [9.17, 15) is 9.59 Å². The Morgan fingerprint density at radius 2 is 1.64 bits per heavy atom. The summed E-state index contributed by atoms with van der Waals surface area (Å²) in [5.41, 5.74) is 4.26. The zero-order valence-electron chi connectivity index (χ0n) is 15.8. The van der Waals surface area contributed by atoms with Crippen molar-refractivity contribution in [2.75, 3.05) is 39.9 Å². The van der Waals surface area contributed by atoms with E-state index in [0.29, 0.717) is 39.2 Å². The van der Waals surface area contributed by atoms with Gasteiger partial charge in [0.2, 0.25) is 5.91 Å². The van der Waals surface area contributed by atoms with Gasteiger partial charge in [-0.25, -0.2) is 4.79 Å². The Bertz CT molecular complexity index is 649. The van der Waals surface area contributed by atoms with Gasteiger partial charge in [0.15, 0.2) is 0 Å². The summed E-state index contributed by atoms with van der Waals surface area (Å²) in [5.74, 6) is 0.979. The van der Waals surface area contributed by atoms with E-state index in [-0.39, 0.29) is 12.0 Å². The van der Waals surface area contributed by atoms with Gasteiger partial charge in [0.25, 0.3) is 0 Å². The summed E-state index contributed by atoms with van der Waals surface area (Å²) in [7, 11) is 1.67. The van der Waals surface area contributed by atoms with Gasteiger partial charge in [0, 0.05) is 26.2 Å². The molecule has 25 heavy (non-hydrogen) atoms. The molecule has 6 nitrogen and oxygen atoms in total. The summed E-state index contributed by atoms with van der Waals surface area (Å²) >= 11 is 0. The topological polar surface area (TPSA) is 59.1 Å². The standard InChI is InChI=1S/C19H28N2O4/c1-6-25-19(23)21-9-7-20(8-10-21)17(22)12-16-11-13(2)18(24-5)15(4)14(16)3/h11H,6-10,12H2,1-5H3. The highest BCUT2D eigenvalue weighted by atomic mass is 16.6. The molecule has 0 N–H and O–H groups in total. The lowest BCUT2D eigenvalue weighted by Gasteiger charge is -2.34. The van der Waals surface area contributed by atoms with Crippen molar-refractivity contribution in [3.63, 3.8) is 0 Å². The molecule has 0 radical (unpaired) electrons. The van der Waals surface area contributed by atoms with Crippen LogP contribution in [0.5, 0.6) is 5.75 Å². The van der Waals surface area contributed by atoms with Crippen LogP contribution in [0, 0.1) is 20.8 Å². The van der Waals surface area contributed by atoms with Gasteiger partial charge in [-0.05, 0) is 49.9 Å². The molecule has 0 atom stereocenters. The third-order valence-corrected chi connectivity index (χ3v) is 4.84. The first kappa shape index (κ1) is 19.1. The third-order valence-electron chi connectivity index (χ3n) is 4.84. The number of rotatable bonds is 4. The van der Waals surface area contributed by atoms with Gasteiger partial charge in [-0.2, -0.15) is 0 Å². The Morgan fingerprint density at radius 3 is 2.20 bits per heavy atom. The molecule has 1 aromatic rings. The van der Waals surface area contributed by atoms with E-state index < -0.39 is 0 Å². The highest BCUT2D eigenvalue weighted by molar-refractivity contribution is 5.80. The Labute approximate surface area is 149 Å². The first-order chi connectivity index (χ1) is 11.9. The average molecular weight is 348 g/mol. The predicted octanol–water partition coefficient (Wildman–Crippen LogP) is 2.46. The van der Waals surface area contributed by atoms with Crippen LogP contribution in [0.2, 0.25) is 0 Å². The largest absolute Gasteiger partial charge is 0.496 e. The van der Waals surface area contributed by atoms with Crippen LogP contribution in [0.25, 0.3) is 0 Å². The van der Waals surface area contributed by atoms with Crippen LogP contribution in [0.1, 0.15) is 29.2 Å². The van der Waals surface area contributed by atoms with Gasteiger partial charge < -0.3 is 19.3 Å². The number of ether oxygens (including phenoxy) is 2. The zero-order valence-corrected chi connectivity index (χ0v) is 15.8. The fourth-order valence-corrected chi connectivity index (χ4v) is 3.27. The van der Waals surface area contributed by atoms with E-state index in [4.69, 9.17) is 9.47 Å². The number of benzene rings is 1. The van der Waals surface area contributed by atoms with Crippen molar-refractivity contribution in [2.24, 2.45) is 0 Å². The predicted molar refractivity (Wildman–Crippen MR) is 96.1 cm³/mol. The molecule has 2 amide bonds. The Kier molecular flexibility index (Phi) is 6.28. The fourth-order valence-electron chi connectivity index (χ4n) is 3.27. The molecule has 1 aliphatic rings. The second kappa shape index (κ2) is 8.23. The summed E-state index contributed by atoms with van der Waals surface area (Å²) in [6.45, 7) is 10.3. The second-order valence-corrected chi connectivity index (χ2v) is 6.38. The number of carbonyl (C=O) groups is 2. The van der Waals surface area contributed by atoms with Crippen LogP contribution >= 0.6 is 0 Å². The monoisotopic (exact) mass is 348 g/mol. The molecule has 138 valence electrons. The molecule has 0 aliphatic carbocycles. The van der Waals surface area contributed by atoms with E-state index in [0.717, 1.165) is 28.0 Å². The van der Waals surface area contributed by atoms with Crippen LogP contribution in [-0.4, -0.2) is 61.7 Å². The molecule has 1 aromatic carbocycles. The summed E-state index contributed by atoms with van der Waals surface area (Å²) < 4.78 is 10.5. The molecule has 0 saturated carbocycles. The quantitative estimate of drug-likeness (QED) is 0.839. The molecular weight excluding hydrogens is 320 g/mol. The first-order valence-corrected chi connectivity index (χ1v) is 8.72. The molecule has 1 fully saturated rings. The Morgan fingerprint density at radius 1 is 1.04 bits per heavy atom. The van der Waals surface area contributed by atoms with Gasteiger partial charge in [-0.1, -0.05) is 6.07 Å². The van der Waals surface area contributed by atoms with Gasteiger partial charge in [-0.15, -0.1) is 0 Å². The van der Waals surface area contributed by atoms with Crippen molar-refractivity contribution in [3.05, 3.63) is 28.3 Å². The summed E-state index contributed by atoms with van der Waals surface area (Å²) in [6, 6.07) is 2.04. The van der Waals surface area contributed by atoms with E-state index in [1.54, 1.807) is 18.9 Å². The number of methoxy groups -OCH3 is 1. The van der Waals surface area contributed by atoms with Crippen LogP contribution < -0.4 is 4.74 Å². The highest BCUT2D eigenvalue weighted by Crippen LogP contribution is 2.29. The van der Waals surface area contributed by atoms with Crippen molar-refractivity contribution in [1.82, 2.24) is 9.80 Å². The van der Waals surface area contributed by atoms with Crippen molar-refractivity contribution in [2.45, 2.75) is 34.1 Å². The maximum Gasteiger partial charge on any atom is 0.409 e. The summed E-state index contributed by atoms with van der Waals surface area (Å²) in [6.07, 6.45) is 0.0727. The van der Waals surface area contributed by atoms with Crippen molar-refractivity contribution in [1.29, 1.82) is 0 Å². The average Bonchev–Trinajstić information content (AvgIpc) is 2.60. The summed E-state index contributed by atoms with van der Waals surface area (Å²) in [4.78, 5) is 27.9. The molecule has 0 aromatic heterocycles. The Hall–Kier alpha value is -2.24. The van der Waals surface area contributed by atoms with E-state index >= 15 is 0 Å². The number of hydrogen-bond acceptors (Lipinski definition) is 4. The number of nitrogens with zero attached hydrogens (tertiary/aromatic N) is 2. The first-order valence-electron chi connectivity index (χ1n) is 8.72. The second-order valence-electron chi connectivity index (χ2n) is 6.38. The molecule has 1 aliphatic heterocycles. The van der Waals surface area contributed by atoms with Gasteiger partial charge in [0.05, 0.1) is 20.1 Å². The molecule has 1 saturated heterocycles. The van der Waals surface area contributed by atoms with Crippen molar-refractivity contribution >= 4 is 12.0 Å². The van der Waals surface area contributed by atoms with E-state index in [2.05, 4.69) is 0 Å². The smallest absolute Gasteiger partial charge is 0.409 e. The number of carbonyl (C=O) groups excluding carboxylic acids is 2. The minimum Gasteiger partial charge on any atom is -0.496 e. The molecule has 0 spiro atoms. The molecule has 6 heteroatoms. The lowest BCUT2D eigenvalue weighted by atomic mass is 9.96. The third kappa shape index (κ3) is 4.24. The summed E-state index contributed by atoms with van der Waals surface area (Å²) in [5, 5.41) is 0. The van der Waals surface area contributed by atoms with Gasteiger partial charge in [0.1, 0.15) is 5.75 Å². The molecular formula is C19H28N2O4. The highest BCUT2D eigenvalue weighted by Gasteiger charge is 2.25. The minimum atomic E-state index is -0.299. The maximum atomic E-state index is 12.7. The molecule has 0 bridgehead atoms. The van der Waals surface area contributed by atoms with Crippen LogP contribution in [-0.2, 0) is 16.0 Å². The minimum absolute atomic E-state index is 0.0931. The van der Waals surface area contributed by atoms with Crippen molar-refractivity contribution < 1.29 is 19.1 Å². The number of amides is 2. The zero-order chi connectivity index (χ0) is 18.6. The van der Waals surface area contributed by atoms with Crippen molar-refractivity contribution in [3.8, 4) is 5.75 Å². The van der Waals surface area contributed by atoms with Crippen LogP contribution in [0.15, 0.2) is 6.07 Å². The number of hydrogen-bond donors (Lipinski definition) is 0. The van der Waals surface area contributed by atoms with E-state index in [1.807, 2.05) is 31.7 Å². The maximum absolute atomic E-state index is 12.7. The molecule has 2 rings (SSSR count). The Balaban J connectivity index is 2.01. The fraction of sp³-hybridized carbons (Fsp3) is 0.579. The van der Waals surface area contributed by atoms with Crippen LogP contribution in [0.4, 0.5) is 4.79 Å². The van der Waals surface area contributed by atoms with Gasteiger partial charge in [-0.3, -0.25) is 4.79 Å². The van der Waals surface area contributed by atoms with E-state index in [1.165, 1.54) is 0 Å². The lowest BCUT2D eigenvalue weighted by Crippen LogP contribution is -2.51. The number of aryl methyl sites for hydroxylation is 1. The van der Waals surface area contributed by atoms with Crippen LogP contribution in [0.3, 0.4) is 0 Å². The molecule has 0 unspecified atom stereocenters. The number of piperazine rings is 1. The lowest BCUT2D eigenvalue weighted by molar-refractivity contribution is -0.132. The normalized spacial score (nSPS) is 14.4. The SMILES string of the molecule is CCOC(=O)N1CCN(C(=O)Cc2cc(C)c(OC)c(C)c2C)CC1.